The highest BCUT2D eigenvalue weighted by atomic mass is 16.5. The Morgan fingerprint density at radius 1 is 0.552 bits per heavy atom. The summed E-state index contributed by atoms with van der Waals surface area (Å²) < 4.78 is 18.1. The third kappa shape index (κ3) is 8.10. The van der Waals surface area contributed by atoms with Gasteiger partial charge in [0, 0.05) is 65.4 Å². The van der Waals surface area contributed by atoms with Crippen LogP contribution in [0.4, 0.5) is 0 Å². The van der Waals surface area contributed by atoms with Crippen molar-refractivity contribution in [2.75, 3.05) is 106 Å². The van der Waals surface area contributed by atoms with Gasteiger partial charge in [0.05, 0.1) is 13.2 Å². The van der Waals surface area contributed by atoms with E-state index in [1.165, 1.54) is 0 Å². The summed E-state index contributed by atoms with van der Waals surface area (Å²) in [6.45, 7) is 12.8. The van der Waals surface area contributed by atoms with Crippen molar-refractivity contribution in [3.05, 3.63) is 24.3 Å². The standard InChI is InChI=1S/C22H38N4O3/c1-23-7-8-24(2)10-12-26-14-18-27-17-13-25(11-9-23)15-19-28-21-5-3-4-6-22(21)29-20-16-26/h3-6H,7-20H2,1-2H3. The molecule has 1 aromatic rings. The molecule has 1 saturated heterocycles. The fraction of sp³-hybridized carbons (Fsp3) is 0.727. The van der Waals surface area contributed by atoms with Crippen LogP contribution in [0.3, 0.4) is 0 Å². The predicted octanol–water partition coefficient (Wildman–Crippen LogP) is 0.956. The molecule has 0 aliphatic carbocycles. The van der Waals surface area contributed by atoms with Crippen LogP contribution in [0.2, 0.25) is 0 Å². The molecule has 0 saturated carbocycles. The average Bonchev–Trinajstić information content (AvgIpc) is 2.73. The van der Waals surface area contributed by atoms with Gasteiger partial charge < -0.3 is 24.0 Å². The Labute approximate surface area is 176 Å². The summed E-state index contributed by atoms with van der Waals surface area (Å²) in [5, 5.41) is 0. The third-order valence-electron chi connectivity index (χ3n) is 5.74. The molecule has 2 heterocycles. The molecule has 1 aromatic carbocycles. The zero-order chi connectivity index (χ0) is 20.3. The molecule has 2 aliphatic rings. The first-order valence-electron chi connectivity index (χ1n) is 10.9. The van der Waals surface area contributed by atoms with Gasteiger partial charge in [-0.1, -0.05) is 12.1 Å². The SMILES string of the molecule is CN1CCN(C)CCN2CCOCCN(CCOc3ccccc3OCC2)CC1. The summed E-state index contributed by atoms with van der Waals surface area (Å²) in [6.07, 6.45) is 0. The fourth-order valence-electron chi connectivity index (χ4n) is 3.61. The number of benzene rings is 1. The number of hydrogen-bond donors (Lipinski definition) is 0. The minimum absolute atomic E-state index is 0.652. The molecule has 7 heteroatoms. The van der Waals surface area contributed by atoms with Gasteiger partial charge in [0.2, 0.25) is 0 Å². The van der Waals surface area contributed by atoms with Crippen LogP contribution in [-0.4, -0.2) is 126 Å². The summed E-state index contributed by atoms with van der Waals surface area (Å²) in [5.41, 5.74) is 0. The van der Waals surface area contributed by atoms with E-state index in [2.05, 4.69) is 33.7 Å². The van der Waals surface area contributed by atoms with Crippen LogP contribution >= 0.6 is 0 Å². The Bertz CT molecular complexity index is 540. The first kappa shape index (κ1) is 22.3. The maximum Gasteiger partial charge on any atom is 0.161 e. The van der Waals surface area contributed by atoms with Crippen molar-refractivity contribution in [3.8, 4) is 11.5 Å². The zero-order valence-corrected chi connectivity index (χ0v) is 18.2. The quantitative estimate of drug-likeness (QED) is 0.595. The van der Waals surface area contributed by atoms with Gasteiger partial charge in [-0.3, -0.25) is 9.80 Å². The van der Waals surface area contributed by atoms with Gasteiger partial charge in [-0.25, -0.2) is 0 Å². The van der Waals surface area contributed by atoms with Crippen LogP contribution in [-0.2, 0) is 4.74 Å². The van der Waals surface area contributed by atoms with Gasteiger partial charge in [-0.2, -0.15) is 0 Å². The Hall–Kier alpha value is -1.38. The Morgan fingerprint density at radius 3 is 1.45 bits per heavy atom. The molecule has 1 fully saturated rings. The second kappa shape index (κ2) is 12.3. The largest absolute Gasteiger partial charge is 0.488 e. The molecule has 0 spiro atoms. The number of rotatable bonds is 0. The van der Waals surface area contributed by atoms with E-state index in [0.29, 0.717) is 13.2 Å². The number of ether oxygens (including phenoxy) is 3. The second-order valence-electron chi connectivity index (χ2n) is 8.05. The van der Waals surface area contributed by atoms with E-state index in [0.717, 1.165) is 90.2 Å². The molecule has 29 heavy (non-hydrogen) atoms. The molecular formula is C22H38N4O3. The van der Waals surface area contributed by atoms with Crippen LogP contribution in [0.15, 0.2) is 24.3 Å². The lowest BCUT2D eigenvalue weighted by Gasteiger charge is -2.27. The van der Waals surface area contributed by atoms with Gasteiger partial charge in [0.25, 0.3) is 0 Å². The van der Waals surface area contributed by atoms with Crippen molar-refractivity contribution in [1.29, 1.82) is 0 Å². The van der Waals surface area contributed by atoms with Crippen molar-refractivity contribution in [2.24, 2.45) is 0 Å². The van der Waals surface area contributed by atoms with Gasteiger partial charge in [0.15, 0.2) is 11.5 Å². The lowest BCUT2D eigenvalue weighted by Crippen LogP contribution is -2.40. The smallest absolute Gasteiger partial charge is 0.161 e. The lowest BCUT2D eigenvalue weighted by molar-refractivity contribution is 0.0752. The summed E-state index contributed by atoms with van der Waals surface area (Å²) in [6, 6.07) is 8.01. The van der Waals surface area contributed by atoms with E-state index in [1.807, 2.05) is 24.3 Å². The number of hydrogen-bond acceptors (Lipinski definition) is 7. The molecule has 2 bridgehead atoms. The van der Waals surface area contributed by atoms with Crippen LogP contribution < -0.4 is 9.47 Å². The number of likely N-dealkylation sites (N-methyl/N-ethyl adjacent to an activating group) is 2. The van der Waals surface area contributed by atoms with Gasteiger partial charge in [-0.15, -0.1) is 0 Å². The van der Waals surface area contributed by atoms with Crippen LogP contribution in [0, 0.1) is 0 Å². The summed E-state index contributed by atoms with van der Waals surface area (Å²) in [7, 11) is 4.44. The molecule has 0 amide bonds. The Morgan fingerprint density at radius 2 is 0.966 bits per heavy atom. The van der Waals surface area contributed by atoms with Gasteiger partial charge >= 0.3 is 0 Å². The predicted molar refractivity (Wildman–Crippen MR) is 116 cm³/mol. The van der Waals surface area contributed by atoms with E-state index >= 15 is 0 Å². The Balaban J connectivity index is 1.73. The highest BCUT2D eigenvalue weighted by Gasteiger charge is 2.13. The van der Waals surface area contributed by atoms with Crippen molar-refractivity contribution in [1.82, 2.24) is 19.6 Å². The van der Waals surface area contributed by atoms with Crippen molar-refractivity contribution >= 4 is 0 Å². The van der Waals surface area contributed by atoms with Crippen LogP contribution in [0.25, 0.3) is 0 Å². The molecule has 2 unspecified atom stereocenters. The van der Waals surface area contributed by atoms with E-state index in [1.54, 1.807) is 0 Å². The molecule has 0 aromatic heterocycles. The van der Waals surface area contributed by atoms with Gasteiger partial charge in [0.1, 0.15) is 13.2 Å². The van der Waals surface area contributed by atoms with E-state index in [9.17, 15) is 0 Å². The summed E-state index contributed by atoms with van der Waals surface area (Å²) in [4.78, 5) is 9.74. The highest BCUT2D eigenvalue weighted by molar-refractivity contribution is 5.39. The van der Waals surface area contributed by atoms with Crippen molar-refractivity contribution in [3.63, 3.8) is 0 Å². The Kier molecular flexibility index (Phi) is 9.50. The topological polar surface area (TPSA) is 40.7 Å². The average molecular weight is 407 g/mol. The molecule has 3 rings (SSSR count). The van der Waals surface area contributed by atoms with E-state index < -0.39 is 0 Å². The fourth-order valence-corrected chi connectivity index (χ4v) is 3.61. The molecule has 0 N–H and O–H groups in total. The number of fused-ring (bicyclic) bond motifs is 7. The van der Waals surface area contributed by atoms with E-state index in [-0.39, 0.29) is 0 Å². The first-order valence-corrected chi connectivity index (χ1v) is 10.9. The summed E-state index contributed by atoms with van der Waals surface area (Å²) >= 11 is 0. The third-order valence-corrected chi connectivity index (χ3v) is 5.74. The second-order valence-corrected chi connectivity index (χ2v) is 8.05. The molecule has 2 aliphatic heterocycles. The van der Waals surface area contributed by atoms with Gasteiger partial charge in [-0.05, 0) is 26.2 Å². The normalized spacial score (nSPS) is 27.2. The van der Waals surface area contributed by atoms with Crippen LogP contribution in [0.5, 0.6) is 11.5 Å². The lowest BCUT2D eigenvalue weighted by atomic mass is 10.3. The first-order chi connectivity index (χ1) is 14.2. The monoisotopic (exact) mass is 406 g/mol. The minimum Gasteiger partial charge on any atom is -0.488 e. The van der Waals surface area contributed by atoms with Crippen molar-refractivity contribution in [2.45, 2.75) is 0 Å². The minimum atomic E-state index is 0.652. The number of para-hydroxylation sites is 2. The van der Waals surface area contributed by atoms with Crippen molar-refractivity contribution < 1.29 is 14.2 Å². The summed E-state index contributed by atoms with van der Waals surface area (Å²) in [5.74, 6) is 1.67. The highest BCUT2D eigenvalue weighted by Crippen LogP contribution is 2.26. The maximum absolute atomic E-state index is 6.09. The molecule has 7 nitrogen and oxygen atoms in total. The number of nitrogens with zero attached hydrogens (tertiary/aromatic N) is 4. The van der Waals surface area contributed by atoms with Crippen LogP contribution in [0.1, 0.15) is 0 Å². The molecule has 2 atom stereocenters. The molecule has 164 valence electrons. The zero-order valence-electron chi connectivity index (χ0n) is 18.2. The maximum atomic E-state index is 6.09. The molecule has 0 radical (unpaired) electrons. The van der Waals surface area contributed by atoms with E-state index in [4.69, 9.17) is 14.2 Å². The molecular weight excluding hydrogens is 368 g/mol.